The first kappa shape index (κ1) is 11.5. The summed E-state index contributed by atoms with van der Waals surface area (Å²) in [5, 5.41) is 2.67. The molecular formula is C14H17FN2O. The van der Waals surface area contributed by atoms with E-state index in [1.54, 1.807) is 6.07 Å². The van der Waals surface area contributed by atoms with Gasteiger partial charge in [-0.1, -0.05) is 12.5 Å². The zero-order valence-electron chi connectivity index (χ0n) is 10.2. The fourth-order valence-corrected chi connectivity index (χ4v) is 3.45. The fraction of sp³-hybridized carbons (Fsp3) is 0.500. The Morgan fingerprint density at radius 2 is 2.17 bits per heavy atom. The first-order chi connectivity index (χ1) is 8.65. The molecule has 3 rings (SSSR count). The molecule has 3 nitrogen and oxygen atoms in total. The quantitative estimate of drug-likeness (QED) is 0.791. The van der Waals surface area contributed by atoms with Crippen molar-refractivity contribution in [2.24, 2.45) is 17.8 Å². The Kier molecular flexibility index (Phi) is 2.73. The third-order valence-electron chi connectivity index (χ3n) is 4.37. The Labute approximate surface area is 106 Å². The summed E-state index contributed by atoms with van der Waals surface area (Å²) in [4.78, 5) is 12.2. The van der Waals surface area contributed by atoms with Gasteiger partial charge in [-0.25, -0.2) is 4.39 Å². The lowest BCUT2D eigenvalue weighted by molar-refractivity contribution is -0.121. The first-order valence-electron chi connectivity index (χ1n) is 6.50. The molecule has 18 heavy (non-hydrogen) atoms. The van der Waals surface area contributed by atoms with Crippen molar-refractivity contribution < 1.29 is 9.18 Å². The van der Waals surface area contributed by atoms with Crippen LogP contribution in [0.4, 0.5) is 15.8 Å². The minimum Gasteiger partial charge on any atom is -0.397 e. The van der Waals surface area contributed by atoms with Gasteiger partial charge in [-0.15, -0.1) is 0 Å². The van der Waals surface area contributed by atoms with Gasteiger partial charge in [-0.05, 0) is 43.2 Å². The summed E-state index contributed by atoms with van der Waals surface area (Å²) < 4.78 is 13.6. The van der Waals surface area contributed by atoms with Gasteiger partial charge in [0, 0.05) is 5.92 Å². The fourth-order valence-electron chi connectivity index (χ4n) is 3.45. The van der Waals surface area contributed by atoms with E-state index in [1.807, 2.05) is 0 Å². The highest BCUT2D eigenvalue weighted by Gasteiger charge is 2.43. The van der Waals surface area contributed by atoms with Crippen molar-refractivity contribution in [3.05, 3.63) is 24.0 Å². The molecule has 0 saturated heterocycles. The third kappa shape index (κ3) is 1.85. The van der Waals surface area contributed by atoms with Crippen LogP contribution in [0.5, 0.6) is 0 Å². The van der Waals surface area contributed by atoms with E-state index >= 15 is 0 Å². The molecule has 3 N–H and O–H groups in total. The lowest BCUT2D eigenvalue weighted by Gasteiger charge is -2.21. The average molecular weight is 248 g/mol. The van der Waals surface area contributed by atoms with Crippen LogP contribution in [0.2, 0.25) is 0 Å². The number of halogens is 1. The molecule has 0 heterocycles. The molecule has 1 aromatic rings. The largest absolute Gasteiger partial charge is 0.397 e. The van der Waals surface area contributed by atoms with Crippen molar-refractivity contribution in [2.45, 2.75) is 25.7 Å². The standard InChI is InChI=1S/C14H17FN2O/c15-11-2-1-3-12(16)13(11)17-14(18)10-7-8-4-5-9(10)6-8/h1-3,8-10H,4-7,16H2,(H,17,18). The molecule has 2 aliphatic rings. The lowest BCUT2D eigenvalue weighted by Crippen LogP contribution is -2.27. The molecular weight excluding hydrogens is 231 g/mol. The molecule has 3 unspecified atom stereocenters. The Hall–Kier alpha value is -1.58. The van der Waals surface area contributed by atoms with E-state index in [4.69, 9.17) is 5.73 Å². The van der Waals surface area contributed by atoms with Crippen molar-refractivity contribution in [3.8, 4) is 0 Å². The Morgan fingerprint density at radius 3 is 2.78 bits per heavy atom. The van der Waals surface area contributed by atoms with Crippen molar-refractivity contribution in [2.75, 3.05) is 11.1 Å². The number of anilines is 2. The van der Waals surface area contributed by atoms with Crippen molar-refractivity contribution in [1.82, 2.24) is 0 Å². The highest BCUT2D eigenvalue weighted by molar-refractivity contribution is 5.95. The number of nitrogens with two attached hydrogens (primary N) is 1. The van der Waals surface area contributed by atoms with Gasteiger partial charge in [0.25, 0.3) is 0 Å². The monoisotopic (exact) mass is 248 g/mol. The molecule has 0 aromatic heterocycles. The molecule has 96 valence electrons. The smallest absolute Gasteiger partial charge is 0.227 e. The normalized spacial score (nSPS) is 29.5. The summed E-state index contributed by atoms with van der Waals surface area (Å²) in [6, 6.07) is 4.45. The molecule has 2 fully saturated rings. The van der Waals surface area contributed by atoms with Gasteiger partial charge >= 0.3 is 0 Å². The van der Waals surface area contributed by atoms with Gasteiger partial charge in [0.05, 0.1) is 5.69 Å². The summed E-state index contributed by atoms with van der Waals surface area (Å²) in [5.74, 6) is 0.694. The van der Waals surface area contributed by atoms with Gasteiger partial charge in [0.1, 0.15) is 11.5 Å². The summed E-state index contributed by atoms with van der Waals surface area (Å²) in [6.07, 6.45) is 4.49. The van der Waals surface area contributed by atoms with E-state index < -0.39 is 5.82 Å². The van der Waals surface area contributed by atoms with Crippen LogP contribution in [-0.2, 0) is 4.79 Å². The van der Waals surface area contributed by atoms with Gasteiger partial charge in [0.15, 0.2) is 0 Å². The molecule has 4 heteroatoms. The van der Waals surface area contributed by atoms with Crippen LogP contribution in [0.3, 0.4) is 0 Å². The van der Waals surface area contributed by atoms with Crippen LogP contribution in [0.15, 0.2) is 18.2 Å². The van der Waals surface area contributed by atoms with Crippen molar-refractivity contribution >= 4 is 17.3 Å². The van der Waals surface area contributed by atoms with Crippen LogP contribution >= 0.6 is 0 Å². The number of para-hydroxylation sites is 1. The Morgan fingerprint density at radius 1 is 1.33 bits per heavy atom. The van der Waals surface area contributed by atoms with Crippen LogP contribution < -0.4 is 11.1 Å². The number of hydrogen-bond acceptors (Lipinski definition) is 2. The Bertz CT molecular complexity index is 468. The highest BCUT2D eigenvalue weighted by Crippen LogP contribution is 2.48. The number of carbonyl (C=O) groups excluding carboxylic acids is 1. The molecule has 3 atom stereocenters. The number of hydrogen-bond donors (Lipinski definition) is 2. The molecule has 2 bridgehead atoms. The highest BCUT2D eigenvalue weighted by atomic mass is 19.1. The molecule has 0 spiro atoms. The number of benzene rings is 1. The average Bonchev–Trinajstić information content (AvgIpc) is 2.96. The van der Waals surface area contributed by atoms with E-state index in [1.165, 1.54) is 18.6 Å². The maximum Gasteiger partial charge on any atom is 0.227 e. The van der Waals surface area contributed by atoms with Crippen LogP contribution in [0.25, 0.3) is 0 Å². The van der Waals surface area contributed by atoms with Gasteiger partial charge in [-0.3, -0.25) is 4.79 Å². The minimum absolute atomic E-state index is 0.0442. The molecule has 1 amide bonds. The van der Waals surface area contributed by atoms with E-state index in [0.29, 0.717) is 11.8 Å². The van der Waals surface area contributed by atoms with Crippen LogP contribution in [0, 0.1) is 23.6 Å². The SMILES string of the molecule is Nc1cccc(F)c1NC(=O)C1CC2CCC1C2. The second-order valence-corrected chi connectivity index (χ2v) is 5.47. The van der Waals surface area contributed by atoms with Crippen LogP contribution in [-0.4, -0.2) is 5.91 Å². The maximum atomic E-state index is 13.6. The third-order valence-corrected chi connectivity index (χ3v) is 4.37. The van der Waals surface area contributed by atoms with E-state index in [0.717, 1.165) is 19.3 Å². The number of nitrogen functional groups attached to an aromatic ring is 1. The summed E-state index contributed by atoms with van der Waals surface area (Å²) in [6.45, 7) is 0. The second kappa shape index (κ2) is 4.26. The summed E-state index contributed by atoms with van der Waals surface area (Å²) >= 11 is 0. The van der Waals surface area contributed by atoms with Gasteiger partial charge in [0.2, 0.25) is 5.91 Å². The topological polar surface area (TPSA) is 55.1 Å². The molecule has 2 aliphatic carbocycles. The first-order valence-corrected chi connectivity index (χ1v) is 6.50. The van der Waals surface area contributed by atoms with Crippen molar-refractivity contribution in [1.29, 1.82) is 0 Å². The summed E-state index contributed by atoms with van der Waals surface area (Å²) in [5.41, 5.74) is 6.10. The number of fused-ring (bicyclic) bond motifs is 2. The van der Waals surface area contributed by atoms with Gasteiger partial charge < -0.3 is 11.1 Å². The van der Waals surface area contributed by atoms with E-state index in [2.05, 4.69) is 5.32 Å². The van der Waals surface area contributed by atoms with E-state index in [-0.39, 0.29) is 23.2 Å². The van der Waals surface area contributed by atoms with Gasteiger partial charge in [-0.2, -0.15) is 0 Å². The minimum atomic E-state index is -0.466. The summed E-state index contributed by atoms with van der Waals surface area (Å²) in [7, 11) is 0. The second-order valence-electron chi connectivity index (χ2n) is 5.47. The molecule has 0 aliphatic heterocycles. The lowest BCUT2D eigenvalue weighted by atomic mass is 9.88. The predicted octanol–water partition coefficient (Wildman–Crippen LogP) is 2.78. The number of carbonyl (C=O) groups is 1. The molecule has 2 saturated carbocycles. The molecule has 0 radical (unpaired) electrons. The zero-order chi connectivity index (χ0) is 12.7. The number of nitrogens with one attached hydrogen (secondary N) is 1. The zero-order valence-corrected chi connectivity index (χ0v) is 10.2. The number of rotatable bonds is 2. The van der Waals surface area contributed by atoms with Crippen LogP contribution in [0.1, 0.15) is 25.7 Å². The number of amides is 1. The predicted molar refractivity (Wildman–Crippen MR) is 68.4 cm³/mol. The van der Waals surface area contributed by atoms with Crippen molar-refractivity contribution in [3.63, 3.8) is 0 Å². The maximum absolute atomic E-state index is 13.6. The van der Waals surface area contributed by atoms with E-state index in [9.17, 15) is 9.18 Å². The Balaban J connectivity index is 1.75. The molecule has 1 aromatic carbocycles.